The van der Waals surface area contributed by atoms with Gasteiger partial charge in [-0.15, -0.1) is 11.3 Å². The van der Waals surface area contributed by atoms with E-state index < -0.39 is 0 Å². The minimum Gasteiger partial charge on any atom is -0.379 e. The van der Waals surface area contributed by atoms with Gasteiger partial charge in [0.2, 0.25) is 0 Å². The summed E-state index contributed by atoms with van der Waals surface area (Å²) in [6, 6.07) is 7.56. The Hall–Kier alpha value is -1.73. The van der Waals surface area contributed by atoms with E-state index in [0.29, 0.717) is 17.0 Å². The number of halogens is 1. The lowest BCUT2D eigenvalue weighted by Gasteiger charge is -2.26. The fourth-order valence-electron chi connectivity index (χ4n) is 3.04. The largest absolute Gasteiger partial charge is 0.379 e. The van der Waals surface area contributed by atoms with Crippen molar-refractivity contribution in [2.75, 3.05) is 32.8 Å². The van der Waals surface area contributed by atoms with Crippen LogP contribution in [0.1, 0.15) is 0 Å². The Balaban J connectivity index is 1.65. The van der Waals surface area contributed by atoms with Gasteiger partial charge in [-0.2, -0.15) is 0 Å². The van der Waals surface area contributed by atoms with Gasteiger partial charge in [0, 0.05) is 42.1 Å². The van der Waals surface area contributed by atoms with E-state index in [2.05, 4.69) is 9.88 Å². The first-order chi connectivity index (χ1) is 12.2. The molecule has 1 fully saturated rings. The maximum atomic E-state index is 13.0. The van der Waals surface area contributed by atoms with Crippen LogP contribution in [0, 0.1) is 0 Å². The minimum atomic E-state index is 0.0180. The number of benzene rings is 1. The standard InChI is InChI=1S/C18H18ClN3O2S/c19-14-3-1-13(2-4-14)15-11-25-17-16(15)18(23)22(12-20-17)6-5-21-7-9-24-10-8-21/h1-4,11-12H,5-10H2. The van der Waals surface area contributed by atoms with Crippen LogP contribution in [-0.4, -0.2) is 47.3 Å². The third kappa shape index (κ3) is 3.48. The normalized spacial score (nSPS) is 15.7. The van der Waals surface area contributed by atoms with E-state index in [1.165, 1.54) is 11.3 Å². The highest BCUT2D eigenvalue weighted by atomic mass is 35.5. The van der Waals surface area contributed by atoms with Crippen LogP contribution in [0.15, 0.2) is 40.8 Å². The Kier molecular flexibility index (Phi) is 4.85. The van der Waals surface area contributed by atoms with Crippen molar-refractivity contribution in [2.45, 2.75) is 6.54 Å². The van der Waals surface area contributed by atoms with Crippen molar-refractivity contribution in [1.82, 2.24) is 14.5 Å². The van der Waals surface area contributed by atoms with Gasteiger partial charge >= 0.3 is 0 Å². The van der Waals surface area contributed by atoms with E-state index in [4.69, 9.17) is 16.3 Å². The zero-order valence-electron chi connectivity index (χ0n) is 13.7. The number of morpholine rings is 1. The maximum Gasteiger partial charge on any atom is 0.262 e. The first-order valence-electron chi connectivity index (χ1n) is 8.25. The smallest absolute Gasteiger partial charge is 0.262 e. The predicted molar refractivity (Wildman–Crippen MR) is 102 cm³/mol. The summed E-state index contributed by atoms with van der Waals surface area (Å²) in [7, 11) is 0. The molecule has 1 aliphatic rings. The second-order valence-electron chi connectivity index (χ2n) is 6.03. The molecule has 3 aromatic rings. The van der Waals surface area contributed by atoms with Crippen LogP contribution in [0.2, 0.25) is 5.02 Å². The van der Waals surface area contributed by atoms with Crippen molar-refractivity contribution in [3.63, 3.8) is 0 Å². The summed E-state index contributed by atoms with van der Waals surface area (Å²) in [5, 5.41) is 3.37. The number of hydrogen-bond acceptors (Lipinski definition) is 5. The highest BCUT2D eigenvalue weighted by molar-refractivity contribution is 7.17. The molecule has 0 bridgehead atoms. The van der Waals surface area contributed by atoms with Gasteiger partial charge in [0.15, 0.2) is 0 Å². The third-order valence-corrected chi connectivity index (χ3v) is 5.62. The van der Waals surface area contributed by atoms with Gasteiger partial charge in [0.05, 0.1) is 24.9 Å². The zero-order chi connectivity index (χ0) is 17.2. The van der Waals surface area contributed by atoms with Gasteiger partial charge in [0.25, 0.3) is 5.56 Å². The number of ether oxygens (including phenoxy) is 1. The molecule has 7 heteroatoms. The molecule has 0 saturated carbocycles. The zero-order valence-corrected chi connectivity index (χ0v) is 15.2. The van der Waals surface area contributed by atoms with Gasteiger partial charge in [-0.05, 0) is 17.7 Å². The summed E-state index contributed by atoms with van der Waals surface area (Å²) in [6.45, 7) is 4.82. The van der Waals surface area contributed by atoms with Gasteiger partial charge in [-0.25, -0.2) is 4.98 Å². The lowest BCUT2D eigenvalue weighted by molar-refractivity contribution is 0.0362. The van der Waals surface area contributed by atoms with Crippen LogP contribution >= 0.6 is 22.9 Å². The first kappa shape index (κ1) is 16.7. The predicted octanol–water partition coefficient (Wildman–Crippen LogP) is 3.11. The molecular formula is C18H18ClN3O2S. The summed E-state index contributed by atoms with van der Waals surface area (Å²) in [5.41, 5.74) is 1.93. The molecule has 0 aliphatic carbocycles. The lowest BCUT2D eigenvalue weighted by Crippen LogP contribution is -2.39. The quantitative estimate of drug-likeness (QED) is 0.703. The fraction of sp³-hybridized carbons (Fsp3) is 0.333. The van der Waals surface area contributed by atoms with Gasteiger partial charge < -0.3 is 4.74 Å². The average Bonchev–Trinajstić information content (AvgIpc) is 3.08. The van der Waals surface area contributed by atoms with E-state index in [1.807, 2.05) is 29.6 Å². The van der Waals surface area contributed by atoms with Gasteiger partial charge in [-0.3, -0.25) is 14.3 Å². The van der Waals surface area contributed by atoms with Gasteiger partial charge in [0.1, 0.15) is 4.83 Å². The number of fused-ring (bicyclic) bond motifs is 1. The number of nitrogens with zero attached hydrogens (tertiary/aromatic N) is 3. The van der Waals surface area contributed by atoms with Crippen molar-refractivity contribution in [3.8, 4) is 11.1 Å². The maximum absolute atomic E-state index is 13.0. The highest BCUT2D eigenvalue weighted by Crippen LogP contribution is 2.31. The summed E-state index contributed by atoms with van der Waals surface area (Å²) in [4.78, 5) is 20.6. The average molecular weight is 376 g/mol. The van der Waals surface area contributed by atoms with E-state index >= 15 is 0 Å². The summed E-state index contributed by atoms with van der Waals surface area (Å²) < 4.78 is 7.08. The molecule has 5 nitrogen and oxygen atoms in total. The van der Waals surface area contributed by atoms with Crippen LogP contribution in [0.3, 0.4) is 0 Å². The van der Waals surface area contributed by atoms with Crippen LogP contribution in [0.5, 0.6) is 0 Å². The number of rotatable bonds is 4. The van der Waals surface area contributed by atoms with E-state index in [9.17, 15) is 4.79 Å². The summed E-state index contributed by atoms with van der Waals surface area (Å²) >= 11 is 7.47. The minimum absolute atomic E-state index is 0.0180. The highest BCUT2D eigenvalue weighted by Gasteiger charge is 2.15. The molecule has 0 spiro atoms. The number of hydrogen-bond donors (Lipinski definition) is 0. The van der Waals surface area contributed by atoms with Crippen molar-refractivity contribution in [1.29, 1.82) is 0 Å². The monoisotopic (exact) mass is 375 g/mol. The Morgan fingerprint density at radius 2 is 1.92 bits per heavy atom. The fourth-order valence-corrected chi connectivity index (χ4v) is 4.08. The lowest BCUT2D eigenvalue weighted by atomic mass is 10.1. The molecule has 0 radical (unpaired) electrons. The molecule has 3 heterocycles. The molecule has 130 valence electrons. The van der Waals surface area contributed by atoms with E-state index in [0.717, 1.165) is 48.8 Å². The molecule has 25 heavy (non-hydrogen) atoms. The molecule has 1 aliphatic heterocycles. The van der Waals surface area contributed by atoms with Crippen molar-refractivity contribution >= 4 is 33.2 Å². The Morgan fingerprint density at radius 1 is 1.16 bits per heavy atom. The molecule has 0 atom stereocenters. The summed E-state index contributed by atoms with van der Waals surface area (Å²) in [5.74, 6) is 0. The Bertz CT molecular complexity index is 930. The Labute approximate surface area is 154 Å². The third-order valence-electron chi connectivity index (χ3n) is 4.48. The van der Waals surface area contributed by atoms with Crippen molar-refractivity contribution in [3.05, 3.63) is 51.3 Å². The first-order valence-corrected chi connectivity index (χ1v) is 9.51. The second kappa shape index (κ2) is 7.25. The van der Waals surface area contributed by atoms with Gasteiger partial charge in [-0.1, -0.05) is 23.7 Å². The van der Waals surface area contributed by atoms with Crippen molar-refractivity contribution in [2.24, 2.45) is 0 Å². The molecule has 0 amide bonds. The van der Waals surface area contributed by atoms with Crippen LogP contribution in [0.4, 0.5) is 0 Å². The molecule has 1 aromatic carbocycles. The molecule has 4 rings (SSSR count). The Morgan fingerprint density at radius 3 is 2.68 bits per heavy atom. The number of aromatic nitrogens is 2. The van der Waals surface area contributed by atoms with E-state index in [-0.39, 0.29) is 5.56 Å². The van der Waals surface area contributed by atoms with Crippen LogP contribution in [-0.2, 0) is 11.3 Å². The summed E-state index contributed by atoms with van der Waals surface area (Å²) in [6.07, 6.45) is 1.66. The molecule has 0 unspecified atom stereocenters. The van der Waals surface area contributed by atoms with Crippen molar-refractivity contribution < 1.29 is 4.74 Å². The SMILES string of the molecule is O=c1c2c(-c3ccc(Cl)cc3)csc2ncn1CCN1CCOCC1. The second-order valence-corrected chi connectivity index (χ2v) is 7.33. The molecule has 1 saturated heterocycles. The molecule has 2 aromatic heterocycles. The topological polar surface area (TPSA) is 47.4 Å². The molecule has 0 N–H and O–H groups in total. The number of thiophene rings is 1. The van der Waals surface area contributed by atoms with E-state index in [1.54, 1.807) is 10.9 Å². The molecular weight excluding hydrogens is 358 g/mol. The van der Waals surface area contributed by atoms with Crippen LogP contribution in [0.25, 0.3) is 21.3 Å². The van der Waals surface area contributed by atoms with Crippen LogP contribution < -0.4 is 5.56 Å².